The van der Waals surface area contributed by atoms with E-state index in [1.165, 1.54) is 42.3 Å². The maximum Gasteiger partial charge on any atom is 0.302 e. The van der Waals surface area contributed by atoms with E-state index in [1.54, 1.807) is 6.92 Å². The molecule has 40 heavy (non-hydrogen) atoms. The fraction of sp³-hybridized carbons (Fsp3) is 0.735. The fourth-order valence-electron chi connectivity index (χ4n) is 10.4. The Balaban J connectivity index is 1.22. The Bertz CT molecular complexity index is 1220. The van der Waals surface area contributed by atoms with E-state index in [2.05, 4.69) is 45.0 Å². The van der Waals surface area contributed by atoms with Gasteiger partial charge in [-0.1, -0.05) is 32.9 Å². The molecule has 0 radical (unpaired) electrons. The molecule has 1 heterocycles. The van der Waals surface area contributed by atoms with Crippen molar-refractivity contribution in [3.05, 3.63) is 29.3 Å². The molecule has 4 fully saturated rings. The van der Waals surface area contributed by atoms with Crippen molar-refractivity contribution in [2.45, 2.75) is 111 Å². The second-order valence-corrected chi connectivity index (χ2v) is 15.3. The van der Waals surface area contributed by atoms with E-state index in [4.69, 9.17) is 14.5 Å². The molecule has 0 bridgehead atoms. The van der Waals surface area contributed by atoms with E-state index >= 15 is 0 Å². The monoisotopic (exact) mass is 565 g/mol. The molecular formula is C34H47NO4S. The summed E-state index contributed by atoms with van der Waals surface area (Å²) in [6, 6.07) is 8.45. The highest BCUT2D eigenvalue weighted by Gasteiger charge is 2.65. The van der Waals surface area contributed by atoms with Crippen molar-refractivity contribution in [3.63, 3.8) is 0 Å². The number of benzene rings is 1. The number of rotatable bonds is 6. The van der Waals surface area contributed by atoms with E-state index < -0.39 is 0 Å². The molecule has 4 saturated carbocycles. The van der Waals surface area contributed by atoms with Crippen molar-refractivity contribution in [1.82, 2.24) is 4.98 Å². The van der Waals surface area contributed by atoms with Gasteiger partial charge in [0.05, 0.1) is 15.2 Å². The number of thiazole rings is 1. The first kappa shape index (κ1) is 28.2. The van der Waals surface area contributed by atoms with Crippen molar-refractivity contribution < 1.29 is 19.1 Å². The first-order valence-corrected chi connectivity index (χ1v) is 16.6. The normalized spacial score (nSPS) is 39.6. The van der Waals surface area contributed by atoms with Gasteiger partial charge in [0, 0.05) is 19.3 Å². The quantitative estimate of drug-likeness (QED) is 0.332. The van der Waals surface area contributed by atoms with Crippen molar-refractivity contribution in [1.29, 1.82) is 0 Å². The zero-order chi connectivity index (χ0) is 28.2. The van der Waals surface area contributed by atoms with Crippen LogP contribution in [0.5, 0.6) is 0 Å². The summed E-state index contributed by atoms with van der Waals surface area (Å²) >= 11 is 1.83. The van der Waals surface area contributed by atoms with Crippen LogP contribution in [0, 0.1) is 46.3 Å². The third-order valence-corrected chi connectivity index (χ3v) is 13.3. The molecule has 6 rings (SSSR count). The van der Waals surface area contributed by atoms with Crippen LogP contribution in [0.25, 0.3) is 10.2 Å². The van der Waals surface area contributed by atoms with Crippen LogP contribution in [0.4, 0.5) is 0 Å². The predicted octanol–water partition coefficient (Wildman–Crippen LogP) is 8.00. The lowest BCUT2D eigenvalue weighted by atomic mass is 9.43. The Hall–Kier alpha value is -1.95. The Kier molecular flexibility index (Phi) is 7.55. The average Bonchev–Trinajstić information content (AvgIpc) is 3.49. The molecule has 0 amide bonds. The predicted molar refractivity (Wildman–Crippen MR) is 159 cm³/mol. The summed E-state index contributed by atoms with van der Waals surface area (Å²) in [7, 11) is 0. The smallest absolute Gasteiger partial charge is 0.302 e. The zero-order valence-electron chi connectivity index (χ0n) is 25.0. The van der Waals surface area contributed by atoms with Crippen molar-refractivity contribution in [2.75, 3.05) is 0 Å². The van der Waals surface area contributed by atoms with E-state index in [0.717, 1.165) is 44.0 Å². The Labute approximate surface area is 243 Å². The van der Waals surface area contributed by atoms with Gasteiger partial charge in [0.2, 0.25) is 0 Å². The maximum atomic E-state index is 12.5. The highest BCUT2D eigenvalue weighted by Crippen LogP contribution is 2.69. The van der Waals surface area contributed by atoms with Crippen LogP contribution in [-0.4, -0.2) is 29.1 Å². The Morgan fingerprint density at radius 3 is 2.52 bits per heavy atom. The molecule has 0 aliphatic heterocycles. The Morgan fingerprint density at radius 2 is 1.77 bits per heavy atom. The second kappa shape index (κ2) is 10.7. The van der Waals surface area contributed by atoms with Crippen LogP contribution in [0.3, 0.4) is 0 Å². The van der Waals surface area contributed by atoms with Gasteiger partial charge >= 0.3 is 11.9 Å². The minimum absolute atomic E-state index is 0.0181. The van der Waals surface area contributed by atoms with Gasteiger partial charge in [-0.25, -0.2) is 4.98 Å². The largest absolute Gasteiger partial charge is 0.463 e. The number of aromatic nitrogens is 1. The maximum absolute atomic E-state index is 12.5. The van der Waals surface area contributed by atoms with E-state index in [9.17, 15) is 9.59 Å². The van der Waals surface area contributed by atoms with Gasteiger partial charge in [0.1, 0.15) is 12.2 Å². The summed E-state index contributed by atoms with van der Waals surface area (Å²) in [5, 5.41) is 1.24. The number of hydrogen-bond acceptors (Lipinski definition) is 6. The number of hydrogen-bond donors (Lipinski definition) is 0. The SMILES string of the molecule is CC(=O)O[C@@H]1CC[C@@]2(C)C(CC[C@H]3[C@@H]4CC[C@H]([C@H](C)CCc5nc6ccccc6s5)[C@@]4(C)[C@@H](OC(C)=O)C[C@@H]32)C1. The summed E-state index contributed by atoms with van der Waals surface area (Å²) in [5.41, 5.74) is 1.37. The van der Waals surface area contributed by atoms with Crippen molar-refractivity contribution in [3.8, 4) is 0 Å². The molecule has 0 saturated heterocycles. The van der Waals surface area contributed by atoms with Gasteiger partial charge in [-0.15, -0.1) is 11.3 Å². The molecule has 0 N–H and O–H groups in total. The molecule has 0 spiro atoms. The van der Waals surface area contributed by atoms with Crippen LogP contribution in [0.2, 0.25) is 0 Å². The lowest BCUT2D eigenvalue weighted by Gasteiger charge is -2.62. The summed E-state index contributed by atoms with van der Waals surface area (Å²) in [6.07, 6.45) is 11.2. The standard InChI is InChI=1S/C34H47NO4S/c1-20(10-15-32-35-29-8-6-7-9-30(29)40-32)26-13-14-27-25-12-11-23-18-24(38-21(2)36)16-17-33(23,4)28(25)19-31(34(26,27)5)39-22(3)37/h6-9,20,23-28,31H,10-19H2,1-5H3/t20-,23?,24-,25+,26-,27+,28+,31+,33+,34-/m1/s1. The summed E-state index contributed by atoms with van der Waals surface area (Å²) < 4.78 is 13.3. The number of esters is 2. The van der Waals surface area contributed by atoms with Crippen LogP contribution < -0.4 is 0 Å². The number of nitrogens with zero attached hydrogens (tertiary/aromatic N) is 1. The van der Waals surface area contributed by atoms with Gasteiger partial charge in [-0.3, -0.25) is 9.59 Å². The first-order chi connectivity index (χ1) is 19.1. The summed E-state index contributed by atoms with van der Waals surface area (Å²) in [6.45, 7) is 10.6. The van der Waals surface area contributed by atoms with E-state index in [1.807, 2.05) is 11.3 Å². The third kappa shape index (κ3) is 4.80. The number of ether oxygens (including phenoxy) is 2. The number of carbonyl (C=O) groups excluding carboxylic acids is 2. The van der Waals surface area contributed by atoms with Gasteiger partial charge in [-0.05, 0) is 117 Å². The van der Waals surface area contributed by atoms with E-state index in [0.29, 0.717) is 35.5 Å². The van der Waals surface area contributed by atoms with Gasteiger partial charge < -0.3 is 9.47 Å². The van der Waals surface area contributed by atoms with Gasteiger partial charge in [-0.2, -0.15) is 0 Å². The van der Waals surface area contributed by atoms with Crippen LogP contribution >= 0.6 is 11.3 Å². The highest BCUT2D eigenvalue weighted by molar-refractivity contribution is 7.18. The van der Waals surface area contributed by atoms with Crippen LogP contribution in [0.15, 0.2) is 24.3 Å². The molecule has 5 nitrogen and oxygen atoms in total. The zero-order valence-corrected chi connectivity index (χ0v) is 25.8. The minimum Gasteiger partial charge on any atom is -0.463 e. The average molecular weight is 566 g/mol. The molecule has 1 unspecified atom stereocenters. The summed E-state index contributed by atoms with van der Waals surface area (Å²) in [4.78, 5) is 29.1. The first-order valence-electron chi connectivity index (χ1n) is 15.8. The number of fused-ring (bicyclic) bond motifs is 6. The Morgan fingerprint density at radius 1 is 1.00 bits per heavy atom. The molecule has 1 aromatic carbocycles. The minimum atomic E-state index is -0.153. The molecule has 4 aliphatic rings. The van der Waals surface area contributed by atoms with Crippen molar-refractivity contribution >= 4 is 33.5 Å². The van der Waals surface area contributed by atoms with E-state index in [-0.39, 0.29) is 35.0 Å². The number of carbonyl (C=O) groups is 2. The lowest BCUT2D eigenvalue weighted by molar-refractivity contribution is -0.197. The molecular weight excluding hydrogens is 518 g/mol. The topological polar surface area (TPSA) is 65.5 Å². The molecule has 10 atom stereocenters. The molecule has 4 aliphatic carbocycles. The molecule has 6 heteroatoms. The number of aryl methyl sites for hydroxylation is 1. The van der Waals surface area contributed by atoms with Crippen LogP contribution in [0.1, 0.15) is 97.4 Å². The third-order valence-electron chi connectivity index (χ3n) is 12.2. The van der Waals surface area contributed by atoms with Gasteiger partial charge in [0.15, 0.2) is 0 Å². The van der Waals surface area contributed by atoms with Gasteiger partial charge in [0.25, 0.3) is 0 Å². The number of para-hydroxylation sites is 1. The summed E-state index contributed by atoms with van der Waals surface area (Å²) in [5.74, 6) is 3.29. The highest BCUT2D eigenvalue weighted by atomic mass is 32.1. The lowest BCUT2D eigenvalue weighted by Crippen LogP contribution is -2.59. The molecule has 1 aromatic heterocycles. The van der Waals surface area contributed by atoms with Crippen LogP contribution in [-0.2, 0) is 25.5 Å². The molecule has 218 valence electrons. The van der Waals surface area contributed by atoms with Crippen molar-refractivity contribution in [2.24, 2.45) is 46.3 Å². The second-order valence-electron chi connectivity index (χ2n) is 14.1. The fourth-order valence-corrected chi connectivity index (χ4v) is 11.4. The molecule has 2 aromatic rings.